The number of carbonyl (C=O) groups excluding carboxylic acids is 1. The molecule has 1 fully saturated rings. The summed E-state index contributed by atoms with van der Waals surface area (Å²) in [4.78, 5) is 13.2. The summed E-state index contributed by atoms with van der Waals surface area (Å²) in [5.41, 5.74) is 0.603. The van der Waals surface area contributed by atoms with Crippen LogP contribution in [0, 0.1) is 11.3 Å². The second kappa shape index (κ2) is 5.53. The van der Waals surface area contributed by atoms with Gasteiger partial charge in [-0.25, -0.2) is 4.79 Å². The van der Waals surface area contributed by atoms with E-state index in [0.717, 1.165) is 5.56 Å². The van der Waals surface area contributed by atoms with E-state index < -0.39 is 5.97 Å². The van der Waals surface area contributed by atoms with Gasteiger partial charge >= 0.3 is 5.97 Å². The molecule has 1 aromatic carbocycles. The number of methoxy groups -OCH3 is 1. The van der Waals surface area contributed by atoms with Crippen molar-refractivity contribution in [2.24, 2.45) is 0 Å². The molecule has 1 aromatic rings. The summed E-state index contributed by atoms with van der Waals surface area (Å²) in [6.07, 6.45) is -0.352. The molecule has 0 radical (unpaired) electrons. The van der Waals surface area contributed by atoms with Gasteiger partial charge in [0.1, 0.15) is 17.9 Å². The van der Waals surface area contributed by atoms with Crippen molar-refractivity contribution in [3.63, 3.8) is 0 Å². The van der Waals surface area contributed by atoms with E-state index in [1.165, 1.54) is 7.11 Å². The number of benzene rings is 1. The topological polar surface area (TPSA) is 82.8 Å². The number of aromatic hydroxyl groups is 1. The maximum absolute atomic E-state index is 11.5. The van der Waals surface area contributed by atoms with Gasteiger partial charge in [-0.05, 0) is 17.7 Å². The Balaban J connectivity index is 2.31. The molecule has 1 aliphatic rings. The third-order valence-corrected chi connectivity index (χ3v) is 3.00. The van der Waals surface area contributed by atoms with Crippen molar-refractivity contribution < 1.29 is 19.4 Å². The van der Waals surface area contributed by atoms with Crippen molar-refractivity contribution in [2.45, 2.75) is 6.10 Å². The highest BCUT2D eigenvalue weighted by Crippen LogP contribution is 2.33. The van der Waals surface area contributed by atoms with Crippen LogP contribution in [0.25, 0.3) is 0 Å². The van der Waals surface area contributed by atoms with Gasteiger partial charge in [0, 0.05) is 7.05 Å². The molecular weight excluding hydrogens is 260 g/mol. The number of phenols is 1. The fourth-order valence-electron chi connectivity index (χ4n) is 2.02. The fraction of sp³-hybridized carbons (Fsp3) is 0.286. The standard InChI is InChI=1S/C14H14N2O4/c1-16-8-12(9-4-3-5-10(17)6-9)20-13(16)11(7-15)14(18)19-2/h3-6,12,17H,8H2,1-2H3/b13-11+/t12-/m1/s1. The molecule has 1 heterocycles. The zero-order valence-corrected chi connectivity index (χ0v) is 11.2. The minimum absolute atomic E-state index is 0.139. The van der Waals surface area contributed by atoms with Gasteiger partial charge in [0.2, 0.25) is 5.88 Å². The van der Waals surface area contributed by atoms with E-state index in [-0.39, 0.29) is 23.3 Å². The summed E-state index contributed by atoms with van der Waals surface area (Å²) in [5, 5.41) is 18.5. The number of carbonyl (C=O) groups is 1. The molecule has 1 aliphatic heterocycles. The van der Waals surface area contributed by atoms with Crippen LogP contribution in [0.1, 0.15) is 11.7 Å². The summed E-state index contributed by atoms with van der Waals surface area (Å²) in [6, 6.07) is 8.47. The lowest BCUT2D eigenvalue weighted by Crippen LogP contribution is -2.17. The highest BCUT2D eigenvalue weighted by Gasteiger charge is 2.32. The number of nitriles is 1. The molecule has 1 N–H and O–H groups in total. The number of hydrogen-bond acceptors (Lipinski definition) is 6. The first-order chi connectivity index (χ1) is 9.56. The van der Waals surface area contributed by atoms with Crippen LogP contribution in [0.3, 0.4) is 0 Å². The Bertz CT molecular complexity index is 603. The molecule has 2 rings (SSSR count). The first kappa shape index (κ1) is 13.7. The van der Waals surface area contributed by atoms with Crippen LogP contribution in [0.4, 0.5) is 0 Å². The van der Waals surface area contributed by atoms with Crippen LogP contribution in [0.5, 0.6) is 5.75 Å². The molecule has 0 saturated carbocycles. The van der Waals surface area contributed by atoms with Gasteiger partial charge in [-0.15, -0.1) is 0 Å². The molecule has 6 nitrogen and oxygen atoms in total. The third-order valence-electron chi connectivity index (χ3n) is 3.00. The highest BCUT2D eigenvalue weighted by molar-refractivity contribution is 5.93. The molecule has 0 unspecified atom stereocenters. The van der Waals surface area contributed by atoms with Gasteiger partial charge in [0.25, 0.3) is 0 Å². The second-order valence-corrected chi connectivity index (χ2v) is 4.37. The molecule has 0 amide bonds. The van der Waals surface area contributed by atoms with E-state index in [9.17, 15) is 9.90 Å². The van der Waals surface area contributed by atoms with E-state index in [1.54, 1.807) is 36.2 Å². The van der Waals surface area contributed by atoms with Crippen molar-refractivity contribution in [1.82, 2.24) is 4.90 Å². The van der Waals surface area contributed by atoms with Crippen molar-refractivity contribution in [3.05, 3.63) is 41.3 Å². The van der Waals surface area contributed by atoms with Gasteiger partial charge in [0.05, 0.1) is 13.7 Å². The number of phenolic OH excluding ortho intramolecular Hbond substituents is 1. The largest absolute Gasteiger partial charge is 0.508 e. The van der Waals surface area contributed by atoms with Crippen molar-refractivity contribution >= 4 is 5.97 Å². The number of ether oxygens (including phenoxy) is 2. The van der Waals surface area contributed by atoms with Crippen LogP contribution >= 0.6 is 0 Å². The zero-order valence-electron chi connectivity index (χ0n) is 11.2. The number of esters is 1. The van der Waals surface area contributed by atoms with Gasteiger partial charge in [-0.2, -0.15) is 5.26 Å². The molecule has 0 aliphatic carbocycles. The van der Waals surface area contributed by atoms with E-state index >= 15 is 0 Å². The highest BCUT2D eigenvalue weighted by atomic mass is 16.5. The molecule has 1 atom stereocenters. The smallest absolute Gasteiger partial charge is 0.354 e. The van der Waals surface area contributed by atoms with Crippen LogP contribution in [0.2, 0.25) is 0 Å². The lowest BCUT2D eigenvalue weighted by Gasteiger charge is -2.10. The molecule has 104 valence electrons. The summed E-state index contributed by atoms with van der Waals surface area (Å²) in [6.45, 7) is 0.473. The molecule has 1 saturated heterocycles. The van der Waals surface area contributed by atoms with Gasteiger partial charge in [-0.3, -0.25) is 0 Å². The maximum Gasteiger partial charge on any atom is 0.354 e. The summed E-state index contributed by atoms with van der Waals surface area (Å²) >= 11 is 0. The Labute approximate surface area is 116 Å². The minimum atomic E-state index is -0.731. The van der Waals surface area contributed by atoms with Crippen LogP contribution in [-0.2, 0) is 14.3 Å². The Morgan fingerprint density at radius 1 is 1.60 bits per heavy atom. The Kier molecular flexibility index (Phi) is 3.80. The van der Waals surface area contributed by atoms with E-state index in [2.05, 4.69) is 4.74 Å². The summed E-state index contributed by atoms with van der Waals surface area (Å²) < 4.78 is 10.2. The van der Waals surface area contributed by atoms with Crippen LogP contribution < -0.4 is 0 Å². The van der Waals surface area contributed by atoms with Crippen molar-refractivity contribution in [2.75, 3.05) is 20.7 Å². The SMILES string of the molecule is COC(=O)/C(C#N)=C1/O[C@@H](c2cccc(O)c2)CN1C. The molecular formula is C14H14N2O4. The Morgan fingerprint density at radius 3 is 2.95 bits per heavy atom. The van der Waals surface area contributed by atoms with Crippen molar-refractivity contribution in [3.8, 4) is 11.8 Å². The summed E-state index contributed by atoms with van der Waals surface area (Å²) in [5.74, 6) is -0.404. The maximum atomic E-state index is 11.5. The lowest BCUT2D eigenvalue weighted by molar-refractivity contribution is -0.136. The summed E-state index contributed by atoms with van der Waals surface area (Å²) in [7, 11) is 2.93. The molecule has 0 bridgehead atoms. The monoisotopic (exact) mass is 274 g/mol. The molecule has 6 heteroatoms. The predicted octanol–water partition coefficient (Wildman–Crippen LogP) is 1.30. The number of nitrogens with zero attached hydrogens (tertiary/aromatic N) is 2. The van der Waals surface area contributed by atoms with Gasteiger partial charge in [0.15, 0.2) is 5.57 Å². The molecule has 0 aromatic heterocycles. The van der Waals surface area contributed by atoms with Gasteiger partial charge < -0.3 is 19.5 Å². The van der Waals surface area contributed by atoms with Crippen LogP contribution in [0.15, 0.2) is 35.7 Å². The lowest BCUT2D eigenvalue weighted by atomic mass is 10.1. The van der Waals surface area contributed by atoms with Crippen LogP contribution in [-0.4, -0.2) is 36.7 Å². The first-order valence-corrected chi connectivity index (χ1v) is 5.96. The average molecular weight is 274 g/mol. The van der Waals surface area contributed by atoms with Gasteiger partial charge in [-0.1, -0.05) is 12.1 Å². The average Bonchev–Trinajstić information content (AvgIpc) is 2.82. The second-order valence-electron chi connectivity index (χ2n) is 4.37. The normalized spacial score (nSPS) is 20.1. The first-order valence-electron chi connectivity index (χ1n) is 5.96. The number of likely N-dealkylation sites (N-methyl/N-ethyl adjacent to an activating group) is 1. The van der Waals surface area contributed by atoms with Crippen molar-refractivity contribution in [1.29, 1.82) is 5.26 Å². The quantitative estimate of drug-likeness (QED) is 0.497. The van der Waals surface area contributed by atoms with E-state index in [0.29, 0.717) is 6.54 Å². The zero-order chi connectivity index (χ0) is 14.7. The Morgan fingerprint density at radius 2 is 2.35 bits per heavy atom. The fourth-order valence-corrected chi connectivity index (χ4v) is 2.02. The van der Waals surface area contributed by atoms with E-state index in [4.69, 9.17) is 10.00 Å². The van der Waals surface area contributed by atoms with E-state index in [1.807, 2.05) is 6.07 Å². The molecule has 20 heavy (non-hydrogen) atoms. The number of hydrogen-bond donors (Lipinski definition) is 1. The predicted molar refractivity (Wildman–Crippen MR) is 69.2 cm³/mol. The molecule has 0 spiro atoms. The minimum Gasteiger partial charge on any atom is -0.508 e. The Hall–Kier alpha value is -2.68. The third kappa shape index (κ3) is 2.52. The number of rotatable bonds is 2.